The molecule has 0 aliphatic carbocycles. The van der Waals surface area contributed by atoms with E-state index in [4.69, 9.17) is 4.74 Å². The standard InChI is InChI=1S/C23H29NO3/c1-16-12-20(13-17(2)21(16)27-23(3,4)22(25)26)19-10-11-24(15-19)14-18-8-6-5-7-9-18/h5-9,12-13,19H,10-11,14-15H2,1-4H3,(H,25,26). The molecule has 1 saturated heterocycles. The minimum Gasteiger partial charge on any atom is -0.478 e. The zero-order valence-electron chi connectivity index (χ0n) is 16.7. The Morgan fingerprint density at radius 2 is 1.81 bits per heavy atom. The Labute approximate surface area is 161 Å². The highest BCUT2D eigenvalue weighted by Gasteiger charge is 2.31. The van der Waals surface area contributed by atoms with Gasteiger partial charge in [-0.1, -0.05) is 42.5 Å². The van der Waals surface area contributed by atoms with Crippen molar-refractivity contribution in [2.24, 2.45) is 0 Å². The molecule has 4 nitrogen and oxygen atoms in total. The van der Waals surface area contributed by atoms with Crippen LogP contribution >= 0.6 is 0 Å². The number of hydrogen-bond acceptors (Lipinski definition) is 3. The zero-order valence-corrected chi connectivity index (χ0v) is 16.7. The number of carbonyl (C=O) groups is 1. The molecule has 2 aromatic carbocycles. The van der Waals surface area contributed by atoms with Crippen molar-refractivity contribution in [2.45, 2.75) is 52.2 Å². The van der Waals surface area contributed by atoms with Gasteiger partial charge in [0.15, 0.2) is 5.60 Å². The average molecular weight is 367 g/mol. The third kappa shape index (κ3) is 4.51. The first-order valence-electron chi connectivity index (χ1n) is 9.56. The lowest BCUT2D eigenvalue weighted by Crippen LogP contribution is -2.38. The van der Waals surface area contributed by atoms with Gasteiger partial charge >= 0.3 is 5.97 Å². The van der Waals surface area contributed by atoms with Gasteiger partial charge in [0, 0.05) is 13.1 Å². The molecule has 144 valence electrons. The van der Waals surface area contributed by atoms with Gasteiger partial charge in [0.05, 0.1) is 0 Å². The highest BCUT2D eigenvalue weighted by atomic mass is 16.5. The summed E-state index contributed by atoms with van der Waals surface area (Å²) in [6.07, 6.45) is 1.15. The van der Waals surface area contributed by atoms with E-state index in [2.05, 4.69) is 47.4 Å². The zero-order chi connectivity index (χ0) is 19.6. The minimum atomic E-state index is -1.24. The van der Waals surface area contributed by atoms with Crippen LogP contribution in [0.4, 0.5) is 0 Å². The Morgan fingerprint density at radius 3 is 2.41 bits per heavy atom. The van der Waals surface area contributed by atoms with Crippen molar-refractivity contribution in [3.05, 3.63) is 64.7 Å². The third-order valence-electron chi connectivity index (χ3n) is 5.35. The number of nitrogens with zero attached hydrogens (tertiary/aromatic N) is 1. The van der Waals surface area contributed by atoms with Crippen LogP contribution < -0.4 is 4.74 Å². The fourth-order valence-electron chi connectivity index (χ4n) is 3.77. The molecule has 1 unspecified atom stereocenters. The summed E-state index contributed by atoms with van der Waals surface area (Å²) in [5, 5.41) is 9.33. The SMILES string of the molecule is Cc1cc(C2CCN(Cc3ccccc3)C2)cc(C)c1OC(C)(C)C(=O)O. The normalized spacial score (nSPS) is 17.9. The van der Waals surface area contributed by atoms with Gasteiger partial charge in [-0.3, -0.25) is 4.90 Å². The van der Waals surface area contributed by atoms with E-state index in [0.717, 1.165) is 37.2 Å². The topological polar surface area (TPSA) is 49.8 Å². The predicted molar refractivity (Wildman–Crippen MR) is 107 cm³/mol. The van der Waals surface area contributed by atoms with Crippen LogP contribution in [0, 0.1) is 13.8 Å². The van der Waals surface area contributed by atoms with Gasteiger partial charge < -0.3 is 9.84 Å². The van der Waals surface area contributed by atoms with Crippen LogP contribution in [-0.4, -0.2) is 34.7 Å². The Hall–Kier alpha value is -2.33. The lowest BCUT2D eigenvalue weighted by molar-refractivity contribution is -0.152. The van der Waals surface area contributed by atoms with Crippen molar-refractivity contribution in [3.63, 3.8) is 0 Å². The Kier molecular flexibility index (Phi) is 5.56. The minimum absolute atomic E-state index is 0.507. The molecule has 0 aromatic heterocycles. The molecule has 1 N–H and O–H groups in total. The summed E-state index contributed by atoms with van der Waals surface area (Å²) in [6, 6.07) is 14.9. The Morgan fingerprint density at radius 1 is 1.19 bits per heavy atom. The van der Waals surface area contributed by atoms with Crippen LogP contribution in [0.15, 0.2) is 42.5 Å². The molecule has 1 atom stereocenters. The number of ether oxygens (including phenoxy) is 1. The summed E-state index contributed by atoms with van der Waals surface area (Å²) in [6.45, 7) is 10.3. The molecule has 0 spiro atoms. The lowest BCUT2D eigenvalue weighted by Gasteiger charge is -2.25. The summed E-state index contributed by atoms with van der Waals surface area (Å²) in [4.78, 5) is 13.9. The largest absolute Gasteiger partial charge is 0.478 e. The molecule has 0 amide bonds. The average Bonchev–Trinajstić information content (AvgIpc) is 3.07. The third-order valence-corrected chi connectivity index (χ3v) is 5.35. The first kappa shape index (κ1) is 19.4. The lowest BCUT2D eigenvalue weighted by atomic mass is 9.94. The Balaban J connectivity index is 1.72. The van der Waals surface area contributed by atoms with Crippen LogP contribution in [0.25, 0.3) is 0 Å². The smallest absolute Gasteiger partial charge is 0.347 e. The van der Waals surface area contributed by atoms with Crippen molar-refractivity contribution in [3.8, 4) is 5.75 Å². The summed E-state index contributed by atoms with van der Waals surface area (Å²) < 4.78 is 5.83. The predicted octanol–water partition coefficient (Wildman–Crippen LogP) is 4.53. The molecule has 3 rings (SSSR count). The van der Waals surface area contributed by atoms with E-state index in [-0.39, 0.29) is 0 Å². The number of carboxylic acid groups (broad SMARTS) is 1. The molecule has 1 aliphatic heterocycles. The van der Waals surface area contributed by atoms with Gasteiger partial charge in [0.1, 0.15) is 5.75 Å². The van der Waals surface area contributed by atoms with Gasteiger partial charge in [0.2, 0.25) is 0 Å². The number of likely N-dealkylation sites (tertiary alicyclic amines) is 1. The van der Waals surface area contributed by atoms with Crippen molar-refractivity contribution in [2.75, 3.05) is 13.1 Å². The molecule has 1 heterocycles. The maximum absolute atomic E-state index is 11.4. The fourth-order valence-corrected chi connectivity index (χ4v) is 3.77. The number of aryl methyl sites for hydroxylation is 2. The van der Waals surface area contributed by atoms with E-state index >= 15 is 0 Å². The monoisotopic (exact) mass is 367 g/mol. The van der Waals surface area contributed by atoms with Crippen LogP contribution in [0.2, 0.25) is 0 Å². The molecular formula is C23H29NO3. The van der Waals surface area contributed by atoms with Crippen LogP contribution in [-0.2, 0) is 11.3 Å². The molecule has 0 saturated carbocycles. The fraction of sp³-hybridized carbons (Fsp3) is 0.435. The van der Waals surface area contributed by atoms with Gasteiger partial charge in [-0.15, -0.1) is 0 Å². The van der Waals surface area contributed by atoms with Gasteiger partial charge in [0.25, 0.3) is 0 Å². The van der Waals surface area contributed by atoms with Gasteiger partial charge in [-0.25, -0.2) is 4.79 Å². The summed E-state index contributed by atoms with van der Waals surface area (Å²) in [7, 11) is 0. The highest BCUT2D eigenvalue weighted by molar-refractivity contribution is 5.77. The van der Waals surface area contributed by atoms with E-state index < -0.39 is 11.6 Å². The second-order valence-corrected chi connectivity index (χ2v) is 8.11. The van der Waals surface area contributed by atoms with Crippen LogP contribution in [0.5, 0.6) is 5.75 Å². The maximum atomic E-state index is 11.4. The second-order valence-electron chi connectivity index (χ2n) is 8.11. The van der Waals surface area contributed by atoms with E-state index in [1.54, 1.807) is 13.8 Å². The van der Waals surface area contributed by atoms with Crippen LogP contribution in [0.3, 0.4) is 0 Å². The second kappa shape index (κ2) is 7.73. The molecule has 0 bridgehead atoms. The van der Waals surface area contributed by atoms with E-state index in [1.807, 2.05) is 13.8 Å². The van der Waals surface area contributed by atoms with Crippen molar-refractivity contribution in [1.29, 1.82) is 0 Å². The number of aliphatic carboxylic acids is 1. The van der Waals surface area contributed by atoms with Gasteiger partial charge in [-0.05, 0) is 68.8 Å². The van der Waals surface area contributed by atoms with Crippen molar-refractivity contribution >= 4 is 5.97 Å². The molecule has 27 heavy (non-hydrogen) atoms. The number of benzene rings is 2. The number of hydrogen-bond donors (Lipinski definition) is 1. The quantitative estimate of drug-likeness (QED) is 0.815. The van der Waals surface area contributed by atoms with Crippen molar-refractivity contribution < 1.29 is 14.6 Å². The highest BCUT2D eigenvalue weighted by Crippen LogP contribution is 2.34. The van der Waals surface area contributed by atoms with E-state index in [1.165, 1.54) is 11.1 Å². The first-order valence-corrected chi connectivity index (χ1v) is 9.56. The van der Waals surface area contributed by atoms with Crippen molar-refractivity contribution in [1.82, 2.24) is 4.90 Å². The van der Waals surface area contributed by atoms with Crippen LogP contribution in [0.1, 0.15) is 48.4 Å². The number of carboxylic acids is 1. The maximum Gasteiger partial charge on any atom is 0.347 e. The molecule has 2 aromatic rings. The first-order chi connectivity index (χ1) is 12.8. The summed E-state index contributed by atoms with van der Waals surface area (Å²) in [5.74, 6) is 0.232. The molecule has 1 fully saturated rings. The Bertz CT molecular complexity index is 791. The molecule has 0 radical (unpaired) electrons. The molecule has 1 aliphatic rings. The van der Waals surface area contributed by atoms with E-state index in [9.17, 15) is 9.90 Å². The van der Waals surface area contributed by atoms with Gasteiger partial charge in [-0.2, -0.15) is 0 Å². The summed E-state index contributed by atoms with van der Waals surface area (Å²) in [5.41, 5.74) is 3.43. The summed E-state index contributed by atoms with van der Waals surface area (Å²) >= 11 is 0. The molecule has 4 heteroatoms. The molecular weight excluding hydrogens is 338 g/mol. The van der Waals surface area contributed by atoms with E-state index in [0.29, 0.717) is 11.7 Å². The number of rotatable bonds is 6.